The van der Waals surface area contributed by atoms with E-state index in [1.54, 1.807) is 17.4 Å². The Bertz CT molecular complexity index is 970. The van der Waals surface area contributed by atoms with Gasteiger partial charge in [-0.3, -0.25) is 4.79 Å². The van der Waals surface area contributed by atoms with Crippen molar-refractivity contribution in [3.8, 4) is 0 Å². The van der Waals surface area contributed by atoms with E-state index in [1.807, 2.05) is 42.5 Å². The van der Waals surface area contributed by atoms with Crippen LogP contribution in [0.25, 0.3) is 10.8 Å². The third-order valence-electron chi connectivity index (χ3n) is 4.33. The maximum absolute atomic E-state index is 13.2. The fourth-order valence-electron chi connectivity index (χ4n) is 2.90. The number of carbonyl (C=O) groups excluding carboxylic acids is 2. The van der Waals surface area contributed by atoms with Crippen molar-refractivity contribution in [3.05, 3.63) is 64.1 Å². The number of methoxy groups -OCH3 is 2. The van der Waals surface area contributed by atoms with Crippen LogP contribution in [0.2, 0.25) is 0 Å². The molecule has 1 amide bonds. The first-order valence-corrected chi connectivity index (χ1v) is 9.80. The van der Waals surface area contributed by atoms with Crippen molar-refractivity contribution in [1.29, 1.82) is 0 Å². The molecule has 0 aliphatic carbocycles. The van der Waals surface area contributed by atoms with Crippen molar-refractivity contribution in [1.82, 2.24) is 9.88 Å². The van der Waals surface area contributed by atoms with Crippen molar-refractivity contribution >= 4 is 34.0 Å². The molecule has 0 bridgehead atoms. The van der Waals surface area contributed by atoms with Crippen LogP contribution in [-0.2, 0) is 16.0 Å². The highest BCUT2D eigenvalue weighted by Crippen LogP contribution is 2.19. The molecule has 3 rings (SSSR count). The monoisotopic (exact) mass is 398 g/mol. The first-order chi connectivity index (χ1) is 13.6. The van der Waals surface area contributed by atoms with Crippen LogP contribution in [0, 0.1) is 0 Å². The predicted octanol–water partition coefficient (Wildman–Crippen LogP) is 3.76. The lowest BCUT2D eigenvalue weighted by Crippen LogP contribution is -2.32. The zero-order chi connectivity index (χ0) is 19.9. The Balaban J connectivity index is 1.82. The molecule has 0 radical (unpaired) electrons. The first kappa shape index (κ1) is 20.0. The zero-order valence-corrected chi connectivity index (χ0v) is 16.7. The predicted molar refractivity (Wildman–Crippen MR) is 109 cm³/mol. The molecule has 0 fully saturated rings. The molecule has 0 atom stereocenters. The standard InChI is InChI=1S/C21H22N2O4S/c1-26-11-5-10-23(13-19-22-18(14-28-19)21(25)27-2)20(24)17-9-8-15-6-3-4-7-16(15)12-17/h3-4,6-9,12,14H,5,10-11,13H2,1-2H3. The second-order valence-electron chi connectivity index (χ2n) is 6.25. The maximum atomic E-state index is 13.2. The van der Waals surface area contributed by atoms with E-state index in [9.17, 15) is 9.59 Å². The molecule has 6 nitrogen and oxygen atoms in total. The Hall–Kier alpha value is -2.77. The van der Waals surface area contributed by atoms with E-state index in [-0.39, 0.29) is 11.6 Å². The number of aromatic nitrogens is 1. The summed E-state index contributed by atoms with van der Waals surface area (Å²) in [5.74, 6) is -0.550. The molecular weight excluding hydrogens is 376 g/mol. The Labute approximate surface area is 167 Å². The molecule has 1 aromatic heterocycles. The number of thiazole rings is 1. The third kappa shape index (κ3) is 4.74. The van der Waals surface area contributed by atoms with Crippen LogP contribution in [0.15, 0.2) is 47.8 Å². The van der Waals surface area contributed by atoms with Crippen molar-refractivity contribution in [2.45, 2.75) is 13.0 Å². The van der Waals surface area contributed by atoms with Gasteiger partial charge in [0.2, 0.25) is 0 Å². The van der Waals surface area contributed by atoms with Gasteiger partial charge in [0.1, 0.15) is 5.01 Å². The lowest BCUT2D eigenvalue weighted by molar-refractivity contribution is 0.0594. The van der Waals surface area contributed by atoms with Crippen molar-refractivity contribution in [2.75, 3.05) is 27.4 Å². The minimum Gasteiger partial charge on any atom is -0.464 e. The Kier molecular flexibility index (Phi) is 6.73. The largest absolute Gasteiger partial charge is 0.464 e. The summed E-state index contributed by atoms with van der Waals surface area (Å²) in [7, 11) is 2.96. The number of esters is 1. The van der Waals surface area contributed by atoms with Crippen molar-refractivity contribution < 1.29 is 19.1 Å². The van der Waals surface area contributed by atoms with Gasteiger partial charge in [-0.25, -0.2) is 9.78 Å². The number of hydrogen-bond donors (Lipinski definition) is 0. The number of fused-ring (bicyclic) bond motifs is 1. The molecule has 1 heterocycles. The molecular formula is C21H22N2O4S. The van der Waals surface area contributed by atoms with Gasteiger partial charge < -0.3 is 14.4 Å². The number of amides is 1. The molecule has 0 saturated heterocycles. The molecule has 0 N–H and O–H groups in total. The molecule has 0 saturated carbocycles. The number of benzene rings is 2. The molecule has 0 aliphatic rings. The van der Waals surface area contributed by atoms with Crippen molar-refractivity contribution in [2.24, 2.45) is 0 Å². The van der Waals surface area contributed by atoms with Gasteiger partial charge >= 0.3 is 5.97 Å². The molecule has 7 heteroatoms. The Morgan fingerprint density at radius 2 is 1.89 bits per heavy atom. The maximum Gasteiger partial charge on any atom is 0.357 e. The molecule has 3 aromatic rings. The number of carbonyl (C=O) groups is 2. The van der Waals surface area contributed by atoms with Gasteiger partial charge in [0.15, 0.2) is 5.69 Å². The van der Waals surface area contributed by atoms with Gasteiger partial charge in [-0.15, -0.1) is 11.3 Å². The van der Waals surface area contributed by atoms with Gasteiger partial charge in [0.25, 0.3) is 5.91 Å². The van der Waals surface area contributed by atoms with Gasteiger partial charge in [0, 0.05) is 31.2 Å². The highest BCUT2D eigenvalue weighted by atomic mass is 32.1. The number of rotatable bonds is 8. The topological polar surface area (TPSA) is 68.7 Å². The van der Waals surface area contributed by atoms with E-state index in [0.717, 1.165) is 10.8 Å². The number of hydrogen-bond acceptors (Lipinski definition) is 6. The van der Waals surface area contributed by atoms with Crippen LogP contribution < -0.4 is 0 Å². The Morgan fingerprint density at radius 1 is 1.11 bits per heavy atom. The van der Waals surface area contributed by atoms with E-state index in [0.29, 0.717) is 36.7 Å². The Morgan fingerprint density at radius 3 is 2.64 bits per heavy atom. The summed E-state index contributed by atoms with van der Waals surface area (Å²) in [6.45, 7) is 1.43. The highest BCUT2D eigenvalue weighted by Gasteiger charge is 2.19. The second-order valence-corrected chi connectivity index (χ2v) is 7.20. The molecule has 28 heavy (non-hydrogen) atoms. The summed E-state index contributed by atoms with van der Waals surface area (Å²) in [4.78, 5) is 30.8. The molecule has 146 valence electrons. The second kappa shape index (κ2) is 9.43. The van der Waals surface area contributed by atoms with E-state index < -0.39 is 5.97 Å². The van der Waals surface area contributed by atoms with Crippen LogP contribution in [0.3, 0.4) is 0 Å². The molecule has 0 spiro atoms. The number of ether oxygens (including phenoxy) is 2. The van der Waals surface area contributed by atoms with Gasteiger partial charge in [-0.2, -0.15) is 0 Å². The van der Waals surface area contributed by atoms with Crippen LogP contribution in [-0.4, -0.2) is 49.1 Å². The summed E-state index contributed by atoms with van der Waals surface area (Å²) < 4.78 is 9.82. The minimum atomic E-state index is -0.478. The van der Waals surface area contributed by atoms with Gasteiger partial charge in [-0.05, 0) is 29.3 Å². The first-order valence-electron chi connectivity index (χ1n) is 8.92. The third-order valence-corrected chi connectivity index (χ3v) is 5.17. The smallest absolute Gasteiger partial charge is 0.357 e. The lowest BCUT2D eigenvalue weighted by atomic mass is 10.1. The van der Waals surface area contributed by atoms with E-state index in [1.165, 1.54) is 18.4 Å². The number of nitrogens with zero attached hydrogens (tertiary/aromatic N) is 2. The average Bonchev–Trinajstić information content (AvgIpc) is 3.20. The summed E-state index contributed by atoms with van der Waals surface area (Å²) in [5.41, 5.74) is 0.887. The van der Waals surface area contributed by atoms with Crippen LogP contribution in [0.5, 0.6) is 0 Å². The van der Waals surface area contributed by atoms with Gasteiger partial charge in [0.05, 0.1) is 13.7 Å². The summed E-state index contributed by atoms with van der Waals surface area (Å²) in [5, 5.41) is 4.45. The quantitative estimate of drug-likeness (QED) is 0.427. The summed E-state index contributed by atoms with van der Waals surface area (Å²) in [6.07, 6.45) is 0.713. The fraction of sp³-hybridized carbons (Fsp3) is 0.286. The van der Waals surface area contributed by atoms with Crippen LogP contribution >= 0.6 is 11.3 Å². The molecule has 2 aromatic carbocycles. The van der Waals surface area contributed by atoms with Gasteiger partial charge in [-0.1, -0.05) is 30.3 Å². The molecule has 0 aliphatic heterocycles. The molecule has 0 unspecified atom stereocenters. The van der Waals surface area contributed by atoms with Crippen LogP contribution in [0.4, 0.5) is 0 Å². The summed E-state index contributed by atoms with van der Waals surface area (Å²) >= 11 is 1.34. The SMILES string of the molecule is COCCCN(Cc1nc(C(=O)OC)cs1)C(=O)c1ccc2ccccc2c1. The normalized spacial score (nSPS) is 10.8. The van der Waals surface area contributed by atoms with E-state index in [4.69, 9.17) is 9.47 Å². The highest BCUT2D eigenvalue weighted by molar-refractivity contribution is 7.09. The van der Waals surface area contributed by atoms with Crippen LogP contribution in [0.1, 0.15) is 32.3 Å². The van der Waals surface area contributed by atoms with E-state index in [2.05, 4.69) is 4.98 Å². The average molecular weight is 398 g/mol. The summed E-state index contributed by atoms with van der Waals surface area (Å²) in [6, 6.07) is 13.6. The van der Waals surface area contributed by atoms with Crippen molar-refractivity contribution in [3.63, 3.8) is 0 Å². The fourth-order valence-corrected chi connectivity index (χ4v) is 3.68. The minimum absolute atomic E-state index is 0.0725. The lowest BCUT2D eigenvalue weighted by Gasteiger charge is -2.22. The van der Waals surface area contributed by atoms with E-state index >= 15 is 0 Å². The zero-order valence-electron chi connectivity index (χ0n) is 15.9.